The second-order valence-electron chi connectivity index (χ2n) is 10.3. The lowest BCUT2D eigenvalue weighted by atomic mass is 10.1. The number of aromatic nitrogens is 2. The Balaban J connectivity index is 0.000000168. The maximum Gasteiger partial charge on any atom is 0.199 e. The number of hydrogen-bond donors (Lipinski definition) is 7. The first-order valence-corrected chi connectivity index (χ1v) is 15.0. The van der Waals surface area contributed by atoms with Crippen LogP contribution in [0.3, 0.4) is 0 Å². The van der Waals surface area contributed by atoms with Gasteiger partial charge < -0.3 is 39.7 Å². The van der Waals surface area contributed by atoms with E-state index in [0.717, 1.165) is 62.4 Å². The molecule has 230 valence electrons. The number of nitrogen functional groups attached to an aromatic ring is 6. The molecule has 9 nitrogen and oxygen atoms in total. The number of benzene rings is 5. The Kier molecular flexibility index (Phi) is 12.0. The van der Waals surface area contributed by atoms with E-state index in [0.29, 0.717) is 11.2 Å². The van der Waals surface area contributed by atoms with Crippen LogP contribution in [-0.4, -0.2) is 15.4 Å². The molecule has 0 fully saturated rings. The Labute approximate surface area is 263 Å². The highest BCUT2D eigenvalue weighted by atomic mass is 32.1. The molecule has 6 rings (SSSR count). The molecule has 0 spiro atoms. The van der Waals surface area contributed by atoms with Crippen LogP contribution in [-0.2, 0) is 0 Å². The van der Waals surface area contributed by atoms with Crippen molar-refractivity contribution in [2.24, 2.45) is 0 Å². The molecule has 13 N–H and O–H groups in total. The smallest absolute Gasteiger partial charge is 0.199 e. The summed E-state index contributed by atoms with van der Waals surface area (Å²) >= 11 is 1.22. The van der Waals surface area contributed by atoms with E-state index in [-0.39, 0.29) is 0 Å². The molecule has 0 aliphatic carbocycles. The first-order chi connectivity index (χ1) is 21.0. The van der Waals surface area contributed by atoms with Crippen LogP contribution in [0.2, 0.25) is 0 Å². The lowest BCUT2D eigenvalue weighted by Crippen LogP contribution is -2.13. The summed E-state index contributed by atoms with van der Waals surface area (Å²) in [6.07, 6.45) is 1.11. The quantitative estimate of drug-likeness (QED) is 0.101. The zero-order valence-electron chi connectivity index (χ0n) is 25.7. The molecule has 0 aliphatic rings. The molecule has 0 bridgehead atoms. The summed E-state index contributed by atoms with van der Waals surface area (Å²) in [4.78, 5) is 3.80. The van der Waals surface area contributed by atoms with E-state index in [1.807, 2.05) is 80.6 Å². The maximum atomic E-state index is 5.96. The van der Waals surface area contributed by atoms with Gasteiger partial charge >= 0.3 is 0 Å². The van der Waals surface area contributed by atoms with Gasteiger partial charge in [-0.15, -0.1) is 0 Å². The third kappa shape index (κ3) is 9.40. The number of fused-ring (bicyclic) bond motifs is 2. The topological polar surface area (TPSA) is 194 Å². The number of hydrogen-bond acceptors (Lipinski definition) is 10. The largest absolute Gasteiger partial charge is 0.399 e. The minimum absolute atomic E-state index is 0.479. The van der Waals surface area contributed by atoms with Crippen molar-refractivity contribution >= 4 is 72.3 Å². The van der Waals surface area contributed by atoms with Gasteiger partial charge in [-0.2, -0.15) is 4.37 Å². The third-order valence-corrected chi connectivity index (χ3v) is 7.43. The van der Waals surface area contributed by atoms with Crippen molar-refractivity contribution in [3.63, 3.8) is 0 Å². The van der Waals surface area contributed by atoms with Crippen LogP contribution in [0.25, 0.3) is 21.5 Å². The molecule has 6 aromatic rings. The minimum Gasteiger partial charge on any atom is -0.399 e. The Morgan fingerprint density at radius 1 is 0.659 bits per heavy atom. The van der Waals surface area contributed by atoms with Gasteiger partial charge in [0.1, 0.15) is 5.82 Å². The molecule has 1 unspecified atom stereocenters. The fourth-order valence-electron chi connectivity index (χ4n) is 4.17. The van der Waals surface area contributed by atoms with Crippen molar-refractivity contribution in [2.75, 3.05) is 39.7 Å². The lowest BCUT2D eigenvalue weighted by Gasteiger charge is -2.16. The van der Waals surface area contributed by atoms with E-state index in [4.69, 9.17) is 34.4 Å². The van der Waals surface area contributed by atoms with Gasteiger partial charge in [-0.3, -0.25) is 0 Å². The van der Waals surface area contributed by atoms with E-state index in [9.17, 15) is 0 Å². The summed E-state index contributed by atoms with van der Waals surface area (Å²) in [6, 6.07) is 29.7. The molecule has 44 heavy (non-hydrogen) atoms. The van der Waals surface area contributed by atoms with Gasteiger partial charge in [-0.1, -0.05) is 55.5 Å². The Bertz CT molecular complexity index is 1740. The molecule has 0 saturated heterocycles. The molecule has 0 radical (unpaired) electrons. The van der Waals surface area contributed by atoms with Crippen LogP contribution in [0.5, 0.6) is 0 Å². The average Bonchev–Trinajstić information content (AvgIpc) is 3.41. The number of nitrogens with two attached hydrogens (primary N) is 6. The fraction of sp³-hybridized carbons (Fsp3) is 0.176. The normalized spacial score (nSPS) is 10.8. The zero-order chi connectivity index (χ0) is 32.2. The Morgan fingerprint density at radius 3 is 1.55 bits per heavy atom. The molecular weight excluding hydrogens is 567 g/mol. The third-order valence-electron chi connectivity index (χ3n) is 6.80. The molecule has 0 aliphatic heterocycles. The van der Waals surface area contributed by atoms with Gasteiger partial charge in [0.25, 0.3) is 0 Å². The van der Waals surface area contributed by atoms with Crippen LogP contribution < -0.4 is 39.7 Å². The highest BCUT2D eigenvalue weighted by Gasteiger charge is 2.05. The number of anilines is 7. The van der Waals surface area contributed by atoms with Crippen LogP contribution in [0.1, 0.15) is 31.7 Å². The standard InChI is InChI=1S/C14H18N2.C10H10N2.C7H10N2.C3H5N3S/c1-3-10(2)16-14-9-8-13(15)11-6-4-5-7-12(11)14;11-9-5-6-10(12)8-4-2-1-3-7(8)9;1-5-4-6(8)2-3-7(5)9;1-2-5-3(4)7-6-2/h4-10,16H,3,15H2,1-2H3;1-6H,11-12H2;2-4H,8-9H2,1H3;1H3,(H2,4,5,6). The van der Waals surface area contributed by atoms with E-state index in [2.05, 4.69) is 46.7 Å². The Hall–Kier alpha value is -5.22. The van der Waals surface area contributed by atoms with E-state index in [1.54, 1.807) is 6.07 Å². The number of aryl methyl sites for hydroxylation is 2. The van der Waals surface area contributed by atoms with E-state index in [1.165, 1.54) is 22.6 Å². The van der Waals surface area contributed by atoms with Crippen molar-refractivity contribution < 1.29 is 0 Å². The molecular formula is C34H43N9S. The van der Waals surface area contributed by atoms with Gasteiger partial charge in [-0.25, -0.2) is 4.98 Å². The summed E-state index contributed by atoms with van der Waals surface area (Å²) in [7, 11) is 0. The van der Waals surface area contributed by atoms with Crippen molar-refractivity contribution in [2.45, 2.75) is 40.2 Å². The Morgan fingerprint density at radius 2 is 1.14 bits per heavy atom. The van der Waals surface area contributed by atoms with Gasteiger partial charge in [0.05, 0.1) is 0 Å². The first-order valence-electron chi connectivity index (χ1n) is 14.2. The SMILES string of the molecule is CCC(C)Nc1ccc(N)c2ccccc12.Cc1cc(N)ccc1N.Cc1nsc(N)n1.Nc1ccc(N)c2ccccc12. The van der Waals surface area contributed by atoms with Gasteiger partial charge in [0.15, 0.2) is 5.13 Å². The zero-order valence-corrected chi connectivity index (χ0v) is 26.5. The van der Waals surface area contributed by atoms with Crippen LogP contribution in [0.15, 0.2) is 91.0 Å². The monoisotopic (exact) mass is 609 g/mol. The lowest BCUT2D eigenvalue weighted by molar-refractivity contribution is 0.765. The van der Waals surface area contributed by atoms with E-state index >= 15 is 0 Å². The van der Waals surface area contributed by atoms with Crippen molar-refractivity contribution in [3.8, 4) is 0 Å². The van der Waals surface area contributed by atoms with Gasteiger partial charge in [0, 0.05) is 73.2 Å². The van der Waals surface area contributed by atoms with Crippen LogP contribution >= 0.6 is 11.5 Å². The molecule has 0 saturated carbocycles. The summed E-state index contributed by atoms with van der Waals surface area (Å²) in [5.74, 6) is 0.752. The number of rotatable bonds is 3. The highest BCUT2D eigenvalue weighted by molar-refractivity contribution is 7.09. The molecule has 10 heteroatoms. The van der Waals surface area contributed by atoms with Crippen molar-refractivity contribution in [1.82, 2.24) is 9.36 Å². The maximum absolute atomic E-state index is 5.96. The van der Waals surface area contributed by atoms with Crippen molar-refractivity contribution in [1.29, 1.82) is 0 Å². The predicted molar refractivity (Wildman–Crippen MR) is 194 cm³/mol. The molecule has 1 heterocycles. The summed E-state index contributed by atoms with van der Waals surface area (Å²) in [5, 5.41) is 8.41. The second kappa shape index (κ2) is 15.9. The molecule has 0 amide bonds. The van der Waals surface area contributed by atoms with Crippen LogP contribution in [0, 0.1) is 13.8 Å². The fourth-order valence-corrected chi connectivity index (χ4v) is 4.61. The number of nitrogens with zero attached hydrogens (tertiary/aromatic N) is 2. The molecule has 1 aromatic heterocycles. The molecule has 1 atom stereocenters. The number of nitrogens with one attached hydrogen (secondary N) is 1. The highest BCUT2D eigenvalue weighted by Crippen LogP contribution is 2.29. The van der Waals surface area contributed by atoms with Gasteiger partial charge in [-0.05, 0) is 75.2 Å². The van der Waals surface area contributed by atoms with Crippen molar-refractivity contribution in [3.05, 3.63) is 102 Å². The predicted octanol–water partition coefficient (Wildman–Crippen LogP) is 7.22. The second-order valence-corrected chi connectivity index (χ2v) is 11.1. The summed E-state index contributed by atoms with van der Waals surface area (Å²) in [5.41, 5.74) is 39.9. The summed E-state index contributed by atoms with van der Waals surface area (Å²) < 4.78 is 3.82. The first kappa shape index (κ1) is 33.3. The molecule has 5 aromatic carbocycles. The van der Waals surface area contributed by atoms with E-state index < -0.39 is 0 Å². The van der Waals surface area contributed by atoms with Crippen LogP contribution in [0.4, 0.5) is 39.3 Å². The minimum atomic E-state index is 0.479. The average molecular weight is 610 g/mol. The van der Waals surface area contributed by atoms with Gasteiger partial charge in [0.2, 0.25) is 0 Å². The summed E-state index contributed by atoms with van der Waals surface area (Å²) in [6.45, 7) is 8.11.